The van der Waals surface area contributed by atoms with Gasteiger partial charge in [0, 0.05) is 32.0 Å². The van der Waals surface area contributed by atoms with E-state index in [9.17, 15) is 0 Å². The van der Waals surface area contributed by atoms with Crippen molar-refractivity contribution in [1.82, 2.24) is 15.0 Å². The summed E-state index contributed by atoms with van der Waals surface area (Å²) < 4.78 is 5.51. The molecule has 0 fully saturated rings. The second-order valence-electron chi connectivity index (χ2n) is 4.48. The van der Waals surface area contributed by atoms with Crippen LogP contribution in [0.3, 0.4) is 0 Å². The van der Waals surface area contributed by atoms with E-state index in [4.69, 9.17) is 4.74 Å². The molecule has 1 N–H and O–H groups in total. The highest BCUT2D eigenvalue weighted by Crippen LogP contribution is 2.32. The molecular formula is C15H21N5O. The lowest BCUT2D eigenvalue weighted by Gasteiger charge is -2.24. The third-order valence-electron chi connectivity index (χ3n) is 3.14. The van der Waals surface area contributed by atoms with Crippen LogP contribution in [0.1, 0.15) is 19.4 Å². The summed E-state index contributed by atoms with van der Waals surface area (Å²) in [5, 5.41) is 3.20. The second-order valence-corrected chi connectivity index (χ2v) is 4.48. The van der Waals surface area contributed by atoms with Crippen LogP contribution in [-0.4, -0.2) is 35.2 Å². The van der Waals surface area contributed by atoms with Gasteiger partial charge in [-0.1, -0.05) is 0 Å². The van der Waals surface area contributed by atoms with Crippen molar-refractivity contribution in [2.75, 3.05) is 30.4 Å². The summed E-state index contributed by atoms with van der Waals surface area (Å²) in [7, 11) is 1.64. The number of nitrogens with zero attached hydrogens (tertiary/aromatic N) is 4. The van der Waals surface area contributed by atoms with E-state index in [1.54, 1.807) is 25.8 Å². The molecule has 6 heteroatoms. The molecular weight excluding hydrogens is 266 g/mol. The summed E-state index contributed by atoms with van der Waals surface area (Å²) >= 11 is 0. The van der Waals surface area contributed by atoms with Gasteiger partial charge >= 0.3 is 0 Å². The van der Waals surface area contributed by atoms with E-state index < -0.39 is 0 Å². The van der Waals surface area contributed by atoms with Crippen LogP contribution < -0.4 is 15.0 Å². The van der Waals surface area contributed by atoms with E-state index in [0.29, 0.717) is 5.75 Å². The molecule has 21 heavy (non-hydrogen) atoms. The molecule has 0 unspecified atom stereocenters. The van der Waals surface area contributed by atoms with E-state index in [1.165, 1.54) is 5.56 Å². The molecule has 6 nitrogen and oxygen atoms in total. The molecule has 0 bridgehead atoms. The predicted octanol–water partition coefficient (Wildman–Crippen LogP) is 2.34. The zero-order valence-electron chi connectivity index (χ0n) is 12.7. The molecule has 2 aromatic rings. The van der Waals surface area contributed by atoms with Crippen LogP contribution in [0, 0.1) is 0 Å². The zero-order valence-corrected chi connectivity index (χ0v) is 12.7. The molecule has 0 atom stereocenters. The fraction of sp³-hybridized carbons (Fsp3) is 0.400. The first-order valence-corrected chi connectivity index (χ1v) is 7.06. The van der Waals surface area contributed by atoms with Crippen LogP contribution in [0.5, 0.6) is 5.75 Å². The number of methoxy groups -OCH3 is 1. The minimum atomic E-state index is 0.676. The Morgan fingerprint density at radius 3 is 2.57 bits per heavy atom. The van der Waals surface area contributed by atoms with Gasteiger partial charge in [-0.3, -0.25) is 4.98 Å². The van der Waals surface area contributed by atoms with Crippen molar-refractivity contribution < 1.29 is 4.74 Å². The lowest BCUT2D eigenvalue weighted by atomic mass is 10.2. The Bertz CT molecular complexity index is 561. The topological polar surface area (TPSA) is 63.2 Å². The number of ether oxygens (including phenoxy) is 1. The van der Waals surface area contributed by atoms with Crippen molar-refractivity contribution in [3.05, 3.63) is 36.4 Å². The Hall–Kier alpha value is -2.37. The fourth-order valence-corrected chi connectivity index (χ4v) is 2.12. The second kappa shape index (κ2) is 7.42. The summed E-state index contributed by atoms with van der Waals surface area (Å²) in [6.45, 7) is 6.47. The molecule has 0 spiro atoms. The van der Waals surface area contributed by atoms with Crippen molar-refractivity contribution in [1.29, 1.82) is 0 Å². The van der Waals surface area contributed by atoms with Gasteiger partial charge in [-0.05, 0) is 31.5 Å². The van der Waals surface area contributed by atoms with Gasteiger partial charge in [-0.15, -0.1) is 0 Å². The Kier molecular flexibility index (Phi) is 5.31. The number of rotatable bonds is 7. The molecule has 0 aromatic carbocycles. The average Bonchev–Trinajstić information content (AvgIpc) is 2.54. The summed E-state index contributed by atoms with van der Waals surface area (Å²) in [6.07, 6.45) is 5.15. The Morgan fingerprint density at radius 1 is 1.19 bits per heavy atom. The van der Waals surface area contributed by atoms with E-state index in [1.807, 2.05) is 19.1 Å². The highest BCUT2D eigenvalue weighted by Gasteiger charge is 2.17. The van der Waals surface area contributed by atoms with Crippen molar-refractivity contribution >= 4 is 11.6 Å². The quantitative estimate of drug-likeness (QED) is 0.843. The molecule has 0 aliphatic heterocycles. The smallest absolute Gasteiger partial charge is 0.204 e. The Balaban J connectivity index is 2.31. The van der Waals surface area contributed by atoms with E-state index in [0.717, 1.165) is 31.3 Å². The monoisotopic (exact) mass is 287 g/mol. The molecule has 2 aromatic heterocycles. The predicted molar refractivity (Wildman–Crippen MR) is 83.7 cm³/mol. The Labute approximate surface area is 125 Å². The van der Waals surface area contributed by atoms with Crippen molar-refractivity contribution in [2.45, 2.75) is 20.4 Å². The molecule has 112 valence electrons. The van der Waals surface area contributed by atoms with Crippen LogP contribution in [-0.2, 0) is 6.54 Å². The molecule has 0 amide bonds. The number of hydrogen-bond donors (Lipinski definition) is 1. The number of hydrogen-bond acceptors (Lipinski definition) is 6. The molecule has 2 rings (SSSR count). The summed E-state index contributed by atoms with van der Waals surface area (Å²) in [4.78, 5) is 14.8. The summed E-state index contributed by atoms with van der Waals surface area (Å²) in [6, 6.07) is 4.00. The average molecular weight is 287 g/mol. The van der Waals surface area contributed by atoms with Gasteiger partial charge in [0.2, 0.25) is 5.75 Å². The van der Waals surface area contributed by atoms with Crippen LogP contribution in [0.25, 0.3) is 0 Å². The van der Waals surface area contributed by atoms with Crippen molar-refractivity contribution in [2.24, 2.45) is 0 Å². The minimum Gasteiger partial charge on any atom is -0.490 e. The first-order valence-electron chi connectivity index (χ1n) is 7.06. The summed E-state index contributed by atoms with van der Waals surface area (Å²) in [5.74, 6) is 2.19. The largest absolute Gasteiger partial charge is 0.490 e. The van der Waals surface area contributed by atoms with Crippen LogP contribution in [0.4, 0.5) is 11.6 Å². The van der Waals surface area contributed by atoms with E-state index >= 15 is 0 Å². The first kappa shape index (κ1) is 15.0. The highest BCUT2D eigenvalue weighted by atomic mass is 16.5. The standard InChI is InChI=1S/C15H21N5O/c1-4-17-14-13(21-3)15(19-11-18-14)20(5-2)10-12-6-8-16-9-7-12/h6-9,11H,4-5,10H2,1-3H3,(H,17,18,19). The number of aromatic nitrogens is 3. The number of anilines is 2. The summed E-state index contributed by atoms with van der Waals surface area (Å²) in [5.41, 5.74) is 1.18. The molecule has 0 aliphatic carbocycles. The first-order chi connectivity index (χ1) is 10.3. The maximum atomic E-state index is 5.51. The van der Waals surface area contributed by atoms with Gasteiger partial charge in [0.15, 0.2) is 11.6 Å². The molecule has 2 heterocycles. The van der Waals surface area contributed by atoms with Gasteiger partial charge in [-0.2, -0.15) is 0 Å². The van der Waals surface area contributed by atoms with Gasteiger partial charge in [0.1, 0.15) is 6.33 Å². The van der Waals surface area contributed by atoms with Crippen molar-refractivity contribution in [3.63, 3.8) is 0 Å². The fourth-order valence-electron chi connectivity index (χ4n) is 2.12. The van der Waals surface area contributed by atoms with Gasteiger partial charge in [0.25, 0.3) is 0 Å². The highest BCUT2D eigenvalue weighted by molar-refractivity contribution is 5.64. The van der Waals surface area contributed by atoms with Gasteiger partial charge in [-0.25, -0.2) is 9.97 Å². The minimum absolute atomic E-state index is 0.676. The third kappa shape index (κ3) is 3.59. The number of pyridine rings is 1. The maximum absolute atomic E-state index is 5.51. The van der Waals surface area contributed by atoms with Crippen LogP contribution in [0.15, 0.2) is 30.9 Å². The van der Waals surface area contributed by atoms with Gasteiger partial charge < -0.3 is 15.0 Å². The van der Waals surface area contributed by atoms with Gasteiger partial charge in [0.05, 0.1) is 7.11 Å². The maximum Gasteiger partial charge on any atom is 0.204 e. The zero-order chi connectivity index (χ0) is 15.1. The van der Waals surface area contributed by atoms with E-state index in [-0.39, 0.29) is 0 Å². The normalized spacial score (nSPS) is 10.2. The molecule has 0 saturated carbocycles. The lowest BCUT2D eigenvalue weighted by molar-refractivity contribution is 0.412. The molecule has 0 saturated heterocycles. The van der Waals surface area contributed by atoms with Crippen LogP contribution >= 0.6 is 0 Å². The third-order valence-corrected chi connectivity index (χ3v) is 3.14. The Morgan fingerprint density at radius 2 is 1.95 bits per heavy atom. The number of nitrogens with one attached hydrogen (secondary N) is 1. The van der Waals surface area contributed by atoms with E-state index in [2.05, 4.69) is 32.1 Å². The van der Waals surface area contributed by atoms with Crippen molar-refractivity contribution in [3.8, 4) is 5.75 Å². The molecule has 0 radical (unpaired) electrons. The van der Waals surface area contributed by atoms with Crippen LogP contribution in [0.2, 0.25) is 0 Å². The lowest BCUT2D eigenvalue weighted by Crippen LogP contribution is -2.24. The SMILES string of the molecule is CCNc1ncnc(N(CC)Cc2ccncc2)c1OC. The molecule has 0 aliphatic rings.